The van der Waals surface area contributed by atoms with Gasteiger partial charge in [-0.25, -0.2) is 0 Å². The second kappa shape index (κ2) is 6.39. The van der Waals surface area contributed by atoms with Gasteiger partial charge in [0.05, 0.1) is 0 Å². The summed E-state index contributed by atoms with van der Waals surface area (Å²) < 4.78 is 1.46. The van der Waals surface area contributed by atoms with Crippen LogP contribution >= 0.6 is 55.1 Å². The van der Waals surface area contributed by atoms with Crippen LogP contribution in [0.3, 0.4) is 0 Å². The van der Waals surface area contributed by atoms with Gasteiger partial charge in [0.1, 0.15) is 0 Å². The number of halogens is 4. The first-order valence-electron chi connectivity index (χ1n) is 5.39. The van der Waals surface area contributed by atoms with Gasteiger partial charge in [-0.05, 0) is 58.6 Å². The predicted molar refractivity (Wildman–Crippen MR) is 87.6 cm³/mol. The molecule has 0 atom stereocenters. The Bertz CT molecular complexity index is 653. The van der Waals surface area contributed by atoms with Crippen LogP contribution in [0.4, 0.5) is 0 Å². The average Bonchev–Trinajstić information content (AvgIpc) is 2.38. The van der Waals surface area contributed by atoms with Gasteiger partial charge in [-0.3, -0.25) is 9.59 Å². The number of rotatable bonds is 3. The smallest absolute Gasteiger partial charge is 0.252 e. The Hall–Kier alpha value is -0.680. The Morgan fingerprint density at radius 1 is 0.750 bits per heavy atom. The Labute approximate surface area is 142 Å². The molecule has 2 rings (SSSR count). The number of carbonyl (C=O) groups excluding carboxylic acids is 2. The minimum atomic E-state index is -0.514. The van der Waals surface area contributed by atoms with Crippen LogP contribution in [0.2, 0.25) is 0 Å². The maximum Gasteiger partial charge on any atom is 0.252 e. The van der Waals surface area contributed by atoms with Crippen LogP contribution in [-0.4, -0.2) is 10.5 Å². The van der Waals surface area contributed by atoms with E-state index in [1.807, 2.05) is 0 Å². The van der Waals surface area contributed by atoms with Crippen LogP contribution in [0.15, 0.2) is 45.3 Å². The van der Waals surface area contributed by atoms with E-state index in [9.17, 15) is 9.59 Å². The third-order valence-electron chi connectivity index (χ3n) is 2.68. The van der Waals surface area contributed by atoms with E-state index in [2.05, 4.69) is 31.9 Å². The van der Waals surface area contributed by atoms with Gasteiger partial charge in [-0.1, -0.05) is 44.0 Å². The topological polar surface area (TPSA) is 34.1 Å². The third-order valence-corrected chi connectivity index (χ3v) is 4.43. The molecule has 20 heavy (non-hydrogen) atoms. The lowest BCUT2D eigenvalue weighted by Crippen LogP contribution is -1.92. The van der Waals surface area contributed by atoms with E-state index >= 15 is 0 Å². The Kier molecular flexibility index (Phi) is 5.02. The van der Waals surface area contributed by atoms with Crippen molar-refractivity contribution in [3.05, 3.63) is 56.5 Å². The molecule has 0 aliphatic rings. The van der Waals surface area contributed by atoms with Crippen LogP contribution < -0.4 is 0 Å². The third kappa shape index (κ3) is 3.31. The molecule has 102 valence electrons. The quantitative estimate of drug-likeness (QED) is 0.584. The Balaban J connectivity index is 2.52. The molecule has 2 nitrogen and oxygen atoms in total. The molecule has 2 aromatic carbocycles. The molecule has 0 bridgehead atoms. The fraction of sp³-hybridized carbons (Fsp3) is 0. The van der Waals surface area contributed by atoms with Crippen LogP contribution in [0.5, 0.6) is 0 Å². The van der Waals surface area contributed by atoms with Crippen molar-refractivity contribution in [3.8, 4) is 11.1 Å². The zero-order valence-corrected chi connectivity index (χ0v) is 14.5. The number of hydrogen-bond acceptors (Lipinski definition) is 2. The summed E-state index contributed by atoms with van der Waals surface area (Å²) in [6.07, 6.45) is 0. The molecule has 0 saturated carbocycles. The number of benzene rings is 2. The van der Waals surface area contributed by atoms with Crippen LogP contribution in [-0.2, 0) is 0 Å². The number of carbonyl (C=O) groups is 2. The summed E-state index contributed by atoms with van der Waals surface area (Å²) in [5.41, 5.74) is 2.55. The molecular weight excluding hydrogens is 431 g/mol. The molecular formula is C14H6Br2Cl2O2. The minimum Gasteiger partial charge on any atom is -0.276 e. The van der Waals surface area contributed by atoms with Gasteiger partial charge < -0.3 is 0 Å². The summed E-state index contributed by atoms with van der Waals surface area (Å²) in [6, 6.07) is 10.1. The maximum absolute atomic E-state index is 11.1. The molecule has 0 spiro atoms. The molecule has 0 unspecified atom stereocenters. The predicted octanol–water partition coefficient (Wildman–Crippen LogP) is 5.64. The van der Waals surface area contributed by atoms with Crippen molar-refractivity contribution < 1.29 is 9.59 Å². The van der Waals surface area contributed by atoms with Gasteiger partial charge in [0, 0.05) is 20.1 Å². The van der Waals surface area contributed by atoms with Crippen molar-refractivity contribution in [1.82, 2.24) is 0 Å². The van der Waals surface area contributed by atoms with Gasteiger partial charge >= 0.3 is 0 Å². The lowest BCUT2D eigenvalue weighted by Gasteiger charge is -2.09. The molecule has 6 heteroatoms. The van der Waals surface area contributed by atoms with Crippen LogP contribution in [0.1, 0.15) is 20.7 Å². The zero-order valence-electron chi connectivity index (χ0n) is 9.79. The van der Waals surface area contributed by atoms with E-state index in [1.165, 1.54) is 0 Å². The molecule has 2 aromatic rings. The summed E-state index contributed by atoms with van der Waals surface area (Å²) in [5.74, 6) is 0. The minimum absolute atomic E-state index is 0.408. The molecule has 0 fully saturated rings. The first-order chi connectivity index (χ1) is 9.40. The summed E-state index contributed by atoms with van der Waals surface area (Å²) in [4.78, 5) is 22.2. The molecule has 0 heterocycles. The lowest BCUT2D eigenvalue weighted by molar-refractivity contribution is 0.107. The average molecular weight is 437 g/mol. The van der Waals surface area contributed by atoms with E-state index in [0.717, 1.165) is 20.1 Å². The first kappa shape index (κ1) is 15.7. The van der Waals surface area contributed by atoms with E-state index in [-0.39, 0.29) is 0 Å². The second-order valence-corrected chi connectivity index (χ2v) is 6.33. The van der Waals surface area contributed by atoms with Crippen molar-refractivity contribution >= 4 is 65.5 Å². The largest absolute Gasteiger partial charge is 0.276 e. The van der Waals surface area contributed by atoms with E-state index in [1.54, 1.807) is 36.4 Å². The fourth-order valence-electron chi connectivity index (χ4n) is 1.71. The highest BCUT2D eigenvalue weighted by Crippen LogP contribution is 2.35. The van der Waals surface area contributed by atoms with Crippen molar-refractivity contribution in [2.24, 2.45) is 0 Å². The molecule has 0 radical (unpaired) electrons. The van der Waals surface area contributed by atoms with Gasteiger partial charge in [0.2, 0.25) is 0 Å². The van der Waals surface area contributed by atoms with Crippen LogP contribution in [0, 0.1) is 0 Å². The second-order valence-electron chi connectivity index (χ2n) is 3.94. The van der Waals surface area contributed by atoms with Crippen molar-refractivity contribution in [2.45, 2.75) is 0 Å². The Morgan fingerprint density at radius 2 is 1.10 bits per heavy atom. The van der Waals surface area contributed by atoms with E-state index in [0.29, 0.717) is 11.1 Å². The summed E-state index contributed by atoms with van der Waals surface area (Å²) in [7, 11) is 0. The van der Waals surface area contributed by atoms with E-state index < -0.39 is 10.5 Å². The molecule has 0 aromatic heterocycles. The highest BCUT2D eigenvalue weighted by molar-refractivity contribution is 9.11. The Morgan fingerprint density at radius 3 is 1.35 bits per heavy atom. The SMILES string of the molecule is O=C(Cl)c1ccc(-c2ccc(C(=O)Cl)cc2Br)c(Br)c1. The molecule has 0 N–H and O–H groups in total. The fourth-order valence-corrected chi connectivity index (χ4v) is 3.13. The first-order valence-corrected chi connectivity index (χ1v) is 7.73. The van der Waals surface area contributed by atoms with Gasteiger partial charge in [-0.2, -0.15) is 0 Å². The van der Waals surface area contributed by atoms with Crippen LogP contribution in [0.25, 0.3) is 11.1 Å². The normalized spacial score (nSPS) is 10.4. The standard InChI is InChI=1S/C14H6Br2Cl2O2/c15-11-5-7(13(17)19)1-3-9(11)10-4-2-8(14(18)20)6-12(10)16/h1-6H. The van der Waals surface area contributed by atoms with Crippen molar-refractivity contribution in [3.63, 3.8) is 0 Å². The van der Waals surface area contributed by atoms with E-state index in [4.69, 9.17) is 23.2 Å². The molecule has 0 saturated heterocycles. The molecule has 0 aliphatic carbocycles. The lowest BCUT2D eigenvalue weighted by atomic mass is 10.0. The summed E-state index contributed by atoms with van der Waals surface area (Å²) in [5, 5.41) is -1.03. The monoisotopic (exact) mass is 434 g/mol. The van der Waals surface area contributed by atoms with Crippen molar-refractivity contribution in [1.29, 1.82) is 0 Å². The highest BCUT2D eigenvalue weighted by atomic mass is 79.9. The highest BCUT2D eigenvalue weighted by Gasteiger charge is 2.12. The molecule has 0 amide bonds. The van der Waals surface area contributed by atoms with Gasteiger partial charge in [-0.15, -0.1) is 0 Å². The molecule has 0 aliphatic heterocycles. The number of hydrogen-bond donors (Lipinski definition) is 0. The van der Waals surface area contributed by atoms with Gasteiger partial charge in [0.15, 0.2) is 0 Å². The van der Waals surface area contributed by atoms with Gasteiger partial charge in [0.25, 0.3) is 10.5 Å². The summed E-state index contributed by atoms with van der Waals surface area (Å²) >= 11 is 17.7. The maximum atomic E-state index is 11.1. The van der Waals surface area contributed by atoms with Crippen molar-refractivity contribution in [2.75, 3.05) is 0 Å². The summed E-state index contributed by atoms with van der Waals surface area (Å²) in [6.45, 7) is 0. The zero-order chi connectivity index (χ0) is 14.9.